The van der Waals surface area contributed by atoms with Gasteiger partial charge in [-0.1, -0.05) is 6.92 Å². The van der Waals surface area contributed by atoms with Crippen LogP contribution in [0.2, 0.25) is 0 Å². The fourth-order valence-corrected chi connectivity index (χ4v) is 1.79. The van der Waals surface area contributed by atoms with Crippen molar-refractivity contribution in [3.05, 3.63) is 27.6 Å². The molecule has 0 radical (unpaired) electrons. The Morgan fingerprint density at radius 3 is 2.88 bits per heavy atom. The molecule has 1 atom stereocenters. The van der Waals surface area contributed by atoms with Crippen LogP contribution in [0.1, 0.15) is 19.8 Å². The largest absolute Gasteiger partial charge is 0.327 e. The van der Waals surface area contributed by atoms with Crippen molar-refractivity contribution in [2.24, 2.45) is 5.73 Å². The van der Waals surface area contributed by atoms with Gasteiger partial charge in [-0.2, -0.15) is 0 Å². The van der Waals surface area contributed by atoms with Gasteiger partial charge in [-0.25, -0.2) is 4.39 Å². The van der Waals surface area contributed by atoms with Crippen molar-refractivity contribution >= 4 is 34.2 Å². The van der Waals surface area contributed by atoms with Gasteiger partial charge in [0.05, 0.1) is 5.69 Å². The fraction of sp³-hybridized carbons (Fsp3) is 0.364. The van der Waals surface area contributed by atoms with Gasteiger partial charge >= 0.3 is 0 Å². The van der Waals surface area contributed by atoms with Gasteiger partial charge in [0.2, 0.25) is 5.91 Å². The Morgan fingerprint density at radius 2 is 2.31 bits per heavy atom. The van der Waals surface area contributed by atoms with Crippen molar-refractivity contribution < 1.29 is 9.18 Å². The summed E-state index contributed by atoms with van der Waals surface area (Å²) in [6.45, 7) is 1.93. The third-order valence-electron chi connectivity index (χ3n) is 2.18. The number of nitrogens with one attached hydrogen (secondary N) is 1. The summed E-state index contributed by atoms with van der Waals surface area (Å²) in [4.78, 5) is 11.5. The number of halogens is 2. The van der Waals surface area contributed by atoms with Gasteiger partial charge in [-0.3, -0.25) is 4.79 Å². The summed E-state index contributed by atoms with van der Waals surface area (Å²) in [5.41, 5.74) is 6.29. The molecule has 5 heteroatoms. The highest BCUT2D eigenvalue weighted by molar-refractivity contribution is 14.1. The summed E-state index contributed by atoms with van der Waals surface area (Å²) >= 11 is 1.98. The molecule has 0 spiro atoms. The van der Waals surface area contributed by atoms with Crippen LogP contribution in [-0.4, -0.2) is 11.9 Å². The molecule has 1 rings (SSSR count). The predicted molar refractivity (Wildman–Crippen MR) is 70.6 cm³/mol. The van der Waals surface area contributed by atoms with Crippen LogP contribution in [0.3, 0.4) is 0 Å². The molecule has 1 unspecified atom stereocenters. The normalized spacial score (nSPS) is 12.2. The minimum Gasteiger partial charge on any atom is -0.327 e. The molecule has 0 aliphatic heterocycles. The smallest absolute Gasteiger partial charge is 0.225 e. The Bertz CT molecular complexity index is 384. The maximum absolute atomic E-state index is 12.8. The maximum atomic E-state index is 12.8. The van der Waals surface area contributed by atoms with Crippen molar-refractivity contribution in [3.8, 4) is 0 Å². The first kappa shape index (κ1) is 13.4. The number of hydrogen-bond acceptors (Lipinski definition) is 2. The predicted octanol–water partition coefficient (Wildman–Crippen LogP) is 2.50. The van der Waals surface area contributed by atoms with E-state index in [1.165, 1.54) is 12.1 Å². The minimum absolute atomic E-state index is 0.127. The van der Waals surface area contributed by atoms with Gasteiger partial charge in [0.25, 0.3) is 0 Å². The van der Waals surface area contributed by atoms with Crippen LogP contribution in [0, 0.1) is 9.39 Å². The van der Waals surface area contributed by atoms with Gasteiger partial charge < -0.3 is 11.1 Å². The molecule has 1 amide bonds. The van der Waals surface area contributed by atoms with Crippen LogP contribution in [0.15, 0.2) is 18.2 Å². The highest BCUT2D eigenvalue weighted by Crippen LogP contribution is 2.19. The summed E-state index contributed by atoms with van der Waals surface area (Å²) < 4.78 is 13.5. The van der Waals surface area contributed by atoms with E-state index in [1.54, 1.807) is 6.07 Å². The Labute approximate surface area is 108 Å². The average molecular weight is 336 g/mol. The lowest BCUT2D eigenvalue weighted by atomic mass is 10.1. The molecule has 0 aliphatic carbocycles. The number of carbonyl (C=O) groups is 1. The molecule has 1 aromatic rings. The Hall–Kier alpha value is -0.690. The molecule has 0 aromatic heterocycles. The first-order valence-electron chi connectivity index (χ1n) is 5.03. The minimum atomic E-state index is -0.312. The van der Waals surface area contributed by atoms with Crippen LogP contribution >= 0.6 is 22.6 Å². The van der Waals surface area contributed by atoms with E-state index in [2.05, 4.69) is 5.32 Å². The second kappa shape index (κ2) is 6.15. The summed E-state index contributed by atoms with van der Waals surface area (Å²) in [6.07, 6.45) is 1.04. The third-order valence-corrected chi connectivity index (χ3v) is 3.07. The molecular weight excluding hydrogens is 322 g/mol. The van der Waals surface area contributed by atoms with Crippen LogP contribution in [-0.2, 0) is 4.79 Å². The molecule has 0 fully saturated rings. The van der Waals surface area contributed by atoms with Gasteiger partial charge in [-0.15, -0.1) is 0 Å². The van der Waals surface area contributed by atoms with E-state index in [0.29, 0.717) is 9.26 Å². The molecule has 3 N–H and O–H groups in total. The molecule has 16 heavy (non-hydrogen) atoms. The lowest BCUT2D eigenvalue weighted by Gasteiger charge is -2.10. The molecule has 0 bridgehead atoms. The maximum Gasteiger partial charge on any atom is 0.225 e. The second-order valence-corrected chi connectivity index (χ2v) is 4.71. The SMILES string of the molecule is CCC(N)CC(=O)Nc1ccc(F)cc1I. The molecule has 0 aliphatic rings. The zero-order chi connectivity index (χ0) is 12.1. The van der Waals surface area contributed by atoms with Crippen LogP contribution < -0.4 is 11.1 Å². The van der Waals surface area contributed by atoms with Gasteiger partial charge in [-0.05, 0) is 47.2 Å². The van der Waals surface area contributed by atoms with Crippen molar-refractivity contribution in [2.75, 3.05) is 5.32 Å². The summed E-state index contributed by atoms with van der Waals surface area (Å²) in [5, 5.41) is 2.71. The van der Waals surface area contributed by atoms with Crippen molar-refractivity contribution in [3.63, 3.8) is 0 Å². The topological polar surface area (TPSA) is 55.1 Å². The van der Waals surface area contributed by atoms with Crippen LogP contribution in [0.5, 0.6) is 0 Å². The second-order valence-electron chi connectivity index (χ2n) is 3.54. The van der Waals surface area contributed by atoms with E-state index in [0.717, 1.165) is 6.42 Å². The quantitative estimate of drug-likeness (QED) is 0.830. The number of hydrogen-bond donors (Lipinski definition) is 2. The zero-order valence-electron chi connectivity index (χ0n) is 8.97. The monoisotopic (exact) mass is 336 g/mol. The number of benzene rings is 1. The lowest BCUT2D eigenvalue weighted by Crippen LogP contribution is -2.26. The van der Waals surface area contributed by atoms with Gasteiger partial charge in [0.15, 0.2) is 0 Å². The molecular formula is C11H14FIN2O. The van der Waals surface area contributed by atoms with E-state index >= 15 is 0 Å². The third kappa shape index (κ3) is 4.05. The van der Waals surface area contributed by atoms with Crippen molar-refractivity contribution in [2.45, 2.75) is 25.8 Å². The summed E-state index contributed by atoms with van der Waals surface area (Å²) in [6, 6.07) is 4.11. The number of rotatable bonds is 4. The molecule has 0 heterocycles. The Balaban J connectivity index is 2.63. The van der Waals surface area contributed by atoms with E-state index in [1.807, 2.05) is 29.5 Å². The number of anilines is 1. The molecule has 0 saturated carbocycles. The summed E-state index contributed by atoms with van der Waals surface area (Å²) in [7, 11) is 0. The molecule has 88 valence electrons. The Morgan fingerprint density at radius 1 is 1.62 bits per heavy atom. The standard InChI is InChI=1S/C11H14FIN2O/c1-2-8(14)6-11(16)15-10-4-3-7(12)5-9(10)13/h3-5,8H,2,6,14H2,1H3,(H,15,16). The number of carbonyl (C=O) groups excluding carboxylic acids is 1. The van der Waals surface area contributed by atoms with Crippen molar-refractivity contribution in [1.29, 1.82) is 0 Å². The van der Waals surface area contributed by atoms with E-state index in [9.17, 15) is 9.18 Å². The first-order valence-corrected chi connectivity index (χ1v) is 6.11. The van der Waals surface area contributed by atoms with Gasteiger partial charge in [0.1, 0.15) is 5.82 Å². The highest BCUT2D eigenvalue weighted by Gasteiger charge is 2.09. The van der Waals surface area contributed by atoms with E-state index < -0.39 is 0 Å². The first-order chi connectivity index (χ1) is 7.52. The molecule has 1 aromatic carbocycles. The lowest BCUT2D eigenvalue weighted by molar-refractivity contribution is -0.116. The number of nitrogens with two attached hydrogens (primary N) is 1. The van der Waals surface area contributed by atoms with E-state index in [4.69, 9.17) is 5.73 Å². The highest BCUT2D eigenvalue weighted by atomic mass is 127. The number of amides is 1. The Kier molecular flexibility index (Phi) is 5.14. The molecule has 0 saturated heterocycles. The zero-order valence-corrected chi connectivity index (χ0v) is 11.1. The van der Waals surface area contributed by atoms with Gasteiger partial charge in [0, 0.05) is 16.0 Å². The van der Waals surface area contributed by atoms with Crippen LogP contribution in [0.25, 0.3) is 0 Å². The fourth-order valence-electron chi connectivity index (χ4n) is 1.17. The summed E-state index contributed by atoms with van der Waals surface area (Å²) in [5.74, 6) is -0.452. The van der Waals surface area contributed by atoms with Crippen molar-refractivity contribution in [1.82, 2.24) is 0 Å². The molecule has 3 nitrogen and oxygen atoms in total. The van der Waals surface area contributed by atoms with Crippen LogP contribution in [0.4, 0.5) is 10.1 Å². The van der Waals surface area contributed by atoms with E-state index in [-0.39, 0.29) is 24.2 Å². The average Bonchev–Trinajstić information content (AvgIpc) is 2.22.